The summed E-state index contributed by atoms with van der Waals surface area (Å²) in [6, 6.07) is 0.0962. The molecule has 1 aromatic heterocycles. The summed E-state index contributed by atoms with van der Waals surface area (Å²) >= 11 is 1.42. The van der Waals surface area contributed by atoms with Crippen molar-refractivity contribution >= 4 is 22.5 Å². The first kappa shape index (κ1) is 12.9. The van der Waals surface area contributed by atoms with Gasteiger partial charge in [0.05, 0.1) is 6.10 Å². The van der Waals surface area contributed by atoms with Crippen LogP contribution in [-0.2, 0) is 4.74 Å². The fourth-order valence-corrected chi connectivity index (χ4v) is 3.74. The minimum absolute atomic E-state index is 0.152. The molecule has 0 aromatic carbocycles. The van der Waals surface area contributed by atoms with Crippen molar-refractivity contribution in [1.82, 2.24) is 10.3 Å². The molecule has 1 heterocycles. The molecule has 0 unspecified atom stereocenters. The number of hydrogen-bond acceptors (Lipinski definition) is 4. The number of carbonyl (C=O) groups is 1. The Balaban J connectivity index is 1.54. The molecule has 1 aromatic rings. The molecular weight excluding hydrogens is 262 g/mol. The summed E-state index contributed by atoms with van der Waals surface area (Å²) in [5.74, 6) is 0. The Labute approximate surface area is 116 Å². The molecule has 1 spiro atoms. The first-order chi connectivity index (χ1) is 9.24. The van der Waals surface area contributed by atoms with Gasteiger partial charge in [-0.25, -0.2) is 9.78 Å². The van der Waals surface area contributed by atoms with Crippen molar-refractivity contribution in [2.45, 2.75) is 44.8 Å². The van der Waals surface area contributed by atoms with Gasteiger partial charge in [-0.15, -0.1) is 11.3 Å². The maximum absolute atomic E-state index is 11.9. The number of urea groups is 1. The molecule has 2 N–H and O–H groups in total. The second-order valence-corrected chi connectivity index (χ2v) is 6.15. The van der Waals surface area contributed by atoms with E-state index in [-0.39, 0.29) is 17.5 Å². The van der Waals surface area contributed by atoms with Crippen molar-refractivity contribution in [3.05, 3.63) is 11.6 Å². The first-order valence-electron chi connectivity index (χ1n) is 6.83. The van der Waals surface area contributed by atoms with Crippen molar-refractivity contribution in [1.29, 1.82) is 0 Å². The highest BCUT2D eigenvalue weighted by molar-refractivity contribution is 7.13. The SMILES string of the molecule is CCO[C@@H]1C[C@@H](NC(=O)Nc2nccs2)C12CCC2. The standard InChI is InChI=1S/C13H19N3O2S/c1-2-18-10-8-9(13(10)4-3-5-13)15-11(17)16-12-14-6-7-19-12/h6-7,9-10H,2-5,8H2,1H3,(H2,14,15,16,17)/t9-,10-/m1/s1. The predicted molar refractivity (Wildman–Crippen MR) is 74.4 cm³/mol. The Bertz CT molecular complexity index is 445. The number of ether oxygens (including phenoxy) is 1. The van der Waals surface area contributed by atoms with Crippen LogP contribution >= 0.6 is 11.3 Å². The lowest BCUT2D eigenvalue weighted by molar-refractivity contribution is -0.169. The molecular formula is C13H19N3O2S. The van der Waals surface area contributed by atoms with Gasteiger partial charge in [0, 0.05) is 29.6 Å². The molecule has 0 aliphatic heterocycles. The van der Waals surface area contributed by atoms with E-state index in [1.807, 2.05) is 12.3 Å². The number of nitrogens with zero attached hydrogens (tertiary/aromatic N) is 1. The van der Waals surface area contributed by atoms with Crippen LogP contribution in [0.25, 0.3) is 0 Å². The van der Waals surface area contributed by atoms with Gasteiger partial charge >= 0.3 is 6.03 Å². The number of anilines is 1. The molecule has 0 bridgehead atoms. The van der Waals surface area contributed by atoms with Crippen LogP contribution < -0.4 is 10.6 Å². The van der Waals surface area contributed by atoms with Crippen LogP contribution in [0, 0.1) is 5.41 Å². The third-order valence-electron chi connectivity index (χ3n) is 4.40. The molecule has 19 heavy (non-hydrogen) atoms. The topological polar surface area (TPSA) is 63.2 Å². The Hall–Kier alpha value is -1.14. The summed E-state index contributed by atoms with van der Waals surface area (Å²) in [5.41, 5.74) is 0.205. The highest BCUT2D eigenvalue weighted by Crippen LogP contribution is 2.57. The fourth-order valence-electron chi connectivity index (χ4n) is 3.22. The molecule has 104 valence electrons. The zero-order valence-corrected chi connectivity index (χ0v) is 11.8. The number of carbonyl (C=O) groups excluding carboxylic acids is 1. The Kier molecular flexibility index (Phi) is 3.45. The lowest BCUT2D eigenvalue weighted by Crippen LogP contribution is -2.68. The summed E-state index contributed by atoms with van der Waals surface area (Å²) < 4.78 is 5.77. The summed E-state index contributed by atoms with van der Waals surface area (Å²) in [6.45, 7) is 2.78. The van der Waals surface area contributed by atoms with E-state index in [2.05, 4.69) is 15.6 Å². The third kappa shape index (κ3) is 2.23. The van der Waals surface area contributed by atoms with Crippen LogP contribution in [0.5, 0.6) is 0 Å². The number of rotatable bonds is 4. The van der Waals surface area contributed by atoms with Crippen LogP contribution in [0.4, 0.5) is 9.93 Å². The summed E-state index contributed by atoms with van der Waals surface area (Å²) in [6.07, 6.45) is 6.52. The van der Waals surface area contributed by atoms with E-state index >= 15 is 0 Å². The number of nitrogens with one attached hydrogen (secondary N) is 2. The zero-order valence-electron chi connectivity index (χ0n) is 11.0. The van der Waals surface area contributed by atoms with Gasteiger partial charge in [0.2, 0.25) is 0 Å². The first-order valence-corrected chi connectivity index (χ1v) is 7.71. The van der Waals surface area contributed by atoms with E-state index in [1.54, 1.807) is 6.20 Å². The molecule has 2 fully saturated rings. The van der Waals surface area contributed by atoms with Gasteiger partial charge in [-0.2, -0.15) is 0 Å². The molecule has 0 radical (unpaired) electrons. The van der Waals surface area contributed by atoms with Crippen LogP contribution in [0.3, 0.4) is 0 Å². The third-order valence-corrected chi connectivity index (χ3v) is 5.08. The van der Waals surface area contributed by atoms with Gasteiger partial charge in [0.25, 0.3) is 0 Å². The smallest absolute Gasteiger partial charge is 0.321 e. The lowest BCUT2D eigenvalue weighted by Gasteiger charge is -2.60. The largest absolute Gasteiger partial charge is 0.378 e. The average molecular weight is 281 g/mol. The van der Waals surface area contributed by atoms with E-state index in [1.165, 1.54) is 30.6 Å². The van der Waals surface area contributed by atoms with E-state index in [0.29, 0.717) is 11.2 Å². The predicted octanol–water partition coefficient (Wildman–Crippen LogP) is 2.61. The quantitative estimate of drug-likeness (QED) is 0.891. The number of thiazole rings is 1. The second kappa shape index (κ2) is 5.09. The van der Waals surface area contributed by atoms with Crippen LogP contribution in [0.15, 0.2) is 11.6 Å². The molecule has 2 saturated carbocycles. The Morgan fingerprint density at radius 3 is 3.05 bits per heavy atom. The molecule has 2 atom stereocenters. The summed E-state index contributed by atoms with van der Waals surface area (Å²) in [5, 5.41) is 8.33. The van der Waals surface area contributed by atoms with Crippen molar-refractivity contribution in [3.8, 4) is 0 Å². The van der Waals surface area contributed by atoms with Gasteiger partial charge in [-0.05, 0) is 26.2 Å². The highest BCUT2D eigenvalue weighted by Gasteiger charge is 2.59. The minimum atomic E-state index is -0.152. The van der Waals surface area contributed by atoms with E-state index < -0.39 is 0 Å². The van der Waals surface area contributed by atoms with E-state index in [0.717, 1.165) is 13.0 Å². The number of amides is 2. The van der Waals surface area contributed by atoms with Gasteiger partial charge < -0.3 is 10.1 Å². The second-order valence-electron chi connectivity index (χ2n) is 5.25. The highest BCUT2D eigenvalue weighted by atomic mass is 32.1. The summed E-state index contributed by atoms with van der Waals surface area (Å²) in [7, 11) is 0. The average Bonchev–Trinajstić information content (AvgIpc) is 2.78. The zero-order chi connectivity index (χ0) is 13.3. The van der Waals surface area contributed by atoms with E-state index in [4.69, 9.17) is 4.74 Å². The monoisotopic (exact) mass is 281 g/mol. The molecule has 6 heteroatoms. The van der Waals surface area contributed by atoms with Gasteiger partial charge in [0.15, 0.2) is 5.13 Å². The number of hydrogen-bond donors (Lipinski definition) is 2. The normalized spacial score (nSPS) is 27.4. The summed E-state index contributed by atoms with van der Waals surface area (Å²) in [4.78, 5) is 16.0. The molecule has 2 aliphatic rings. The number of aromatic nitrogens is 1. The molecule has 0 saturated heterocycles. The minimum Gasteiger partial charge on any atom is -0.378 e. The van der Waals surface area contributed by atoms with Gasteiger partial charge in [-0.1, -0.05) is 6.42 Å². The molecule has 3 rings (SSSR count). The fraction of sp³-hybridized carbons (Fsp3) is 0.692. The van der Waals surface area contributed by atoms with Crippen molar-refractivity contribution in [3.63, 3.8) is 0 Å². The van der Waals surface area contributed by atoms with Crippen molar-refractivity contribution in [2.24, 2.45) is 5.41 Å². The van der Waals surface area contributed by atoms with Crippen LogP contribution in [0.2, 0.25) is 0 Å². The Morgan fingerprint density at radius 1 is 1.63 bits per heavy atom. The maximum Gasteiger partial charge on any atom is 0.321 e. The lowest BCUT2D eigenvalue weighted by atomic mass is 9.51. The molecule has 5 nitrogen and oxygen atoms in total. The Morgan fingerprint density at radius 2 is 2.47 bits per heavy atom. The van der Waals surface area contributed by atoms with Crippen molar-refractivity contribution < 1.29 is 9.53 Å². The van der Waals surface area contributed by atoms with Crippen LogP contribution in [0.1, 0.15) is 32.6 Å². The maximum atomic E-state index is 11.9. The van der Waals surface area contributed by atoms with Gasteiger partial charge in [0.1, 0.15) is 0 Å². The van der Waals surface area contributed by atoms with E-state index in [9.17, 15) is 4.79 Å². The molecule has 2 aliphatic carbocycles. The van der Waals surface area contributed by atoms with Crippen LogP contribution in [-0.4, -0.2) is 29.8 Å². The van der Waals surface area contributed by atoms with Crippen molar-refractivity contribution in [2.75, 3.05) is 11.9 Å². The van der Waals surface area contributed by atoms with Gasteiger partial charge in [-0.3, -0.25) is 5.32 Å². The molecule has 2 amide bonds.